The van der Waals surface area contributed by atoms with Crippen molar-refractivity contribution in [2.45, 2.75) is 6.04 Å². The smallest absolute Gasteiger partial charge is 0.127 e. The van der Waals surface area contributed by atoms with Gasteiger partial charge in [0.25, 0.3) is 0 Å². The SMILES string of the molecule is COc1ccc(C(NN)c2ccc(Br)c(Cl)c2)c(OC)c1. The van der Waals surface area contributed by atoms with Gasteiger partial charge in [0, 0.05) is 16.1 Å². The lowest BCUT2D eigenvalue weighted by Gasteiger charge is -2.20. The molecule has 1 atom stereocenters. The van der Waals surface area contributed by atoms with Gasteiger partial charge in [-0.2, -0.15) is 0 Å². The van der Waals surface area contributed by atoms with E-state index >= 15 is 0 Å². The normalized spacial score (nSPS) is 12.0. The number of benzene rings is 2. The topological polar surface area (TPSA) is 56.5 Å². The summed E-state index contributed by atoms with van der Waals surface area (Å²) in [7, 11) is 3.22. The van der Waals surface area contributed by atoms with Crippen LogP contribution in [-0.2, 0) is 0 Å². The zero-order valence-electron chi connectivity index (χ0n) is 11.7. The molecule has 3 N–H and O–H groups in total. The molecule has 0 amide bonds. The summed E-state index contributed by atoms with van der Waals surface area (Å²) in [6.07, 6.45) is 0. The van der Waals surface area contributed by atoms with E-state index in [-0.39, 0.29) is 6.04 Å². The summed E-state index contributed by atoms with van der Waals surface area (Å²) in [6, 6.07) is 11.1. The summed E-state index contributed by atoms with van der Waals surface area (Å²) >= 11 is 9.54. The van der Waals surface area contributed by atoms with Crippen LogP contribution in [0.4, 0.5) is 0 Å². The summed E-state index contributed by atoms with van der Waals surface area (Å²) in [5.74, 6) is 7.14. The van der Waals surface area contributed by atoms with Crippen molar-refractivity contribution in [2.75, 3.05) is 14.2 Å². The molecule has 4 nitrogen and oxygen atoms in total. The van der Waals surface area contributed by atoms with Crippen LogP contribution in [0.5, 0.6) is 11.5 Å². The third-order valence-corrected chi connectivity index (χ3v) is 4.43. The van der Waals surface area contributed by atoms with Gasteiger partial charge in [0.05, 0.1) is 25.3 Å². The Hall–Kier alpha value is -1.27. The second-order valence-electron chi connectivity index (χ2n) is 4.38. The van der Waals surface area contributed by atoms with Crippen molar-refractivity contribution >= 4 is 27.5 Å². The summed E-state index contributed by atoms with van der Waals surface area (Å²) in [5.41, 5.74) is 4.64. The number of methoxy groups -OCH3 is 2. The van der Waals surface area contributed by atoms with Crippen LogP contribution in [0.15, 0.2) is 40.9 Å². The maximum atomic E-state index is 6.16. The molecule has 112 valence electrons. The van der Waals surface area contributed by atoms with Crippen LogP contribution < -0.4 is 20.7 Å². The van der Waals surface area contributed by atoms with E-state index in [1.54, 1.807) is 14.2 Å². The van der Waals surface area contributed by atoms with Gasteiger partial charge in [-0.1, -0.05) is 17.7 Å². The molecule has 6 heteroatoms. The zero-order chi connectivity index (χ0) is 15.4. The average molecular weight is 372 g/mol. The number of hydrogen-bond acceptors (Lipinski definition) is 4. The van der Waals surface area contributed by atoms with Gasteiger partial charge < -0.3 is 9.47 Å². The maximum absolute atomic E-state index is 6.16. The molecule has 0 aliphatic carbocycles. The Morgan fingerprint density at radius 3 is 2.48 bits per heavy atom. The Morgan fingerprint density at radius 2 is 1.90 bits per heavy atom. The number of nitrogens with one attached hydrogen (secondary N) is 1. The largest absolute Gasteiger partial charge is 0.497 e. The fourth-order valence-corrected chi connectivity index (χ4v) is 2.55. The molecule has 0 fully saturated rings. The quantitative estimate of drug-likeness (QED) is 0.622. The first-order chi connectivity index (χ1) is 10.1. The number of hydrazine groups is 1. The molecular formula is C15H16BrClN2O2. The van der Waals surface area contributed by atoms with Crippen LogP contribution in [0.3, 0.4) is 0 Å². The van der Waals surface area contributed by atoms with Gasteiger partial charge in [-0.15, -0.1) is 0 Å². The molecule has 0 saturated carbocycles. The molecule has 0 radical (unpaired) electrons. The molecule has 0 aliphatic rings. The average Bonchev–Trinajstić information content (AvgIpc) is 2.51. The van der Waals surface area contributed by atoms with Crippen LogP contribution in [-0.4, -0.2) is 14.2 Å². The van der Waals surface area contributed by atoms with Gasteiger partial charge in [0.15, 0.2) is 0 Å². The molecule has 1 unspecified atom stereocenters. The number of ether oxygens (including phenoxy) is 2. The number of halogens is 2. The van der Waals surface area contributed by atoms with Crippen LogP contribution >= 0.6 is 27.5 Å². The van der Waals surface area contributed by atoms with Gasteiger partial charge in [-0.25, -0.2) is 5.43 Å². The van der Waals surface area contributed by atoms with E-state index in [0.29, 0.717) is 10.8 Å². The fourth-order valence-electron chi connectivity index (χ4n) is 2.11. The number of hydrogen-bond donors (Lipinski definition) is 2. The fraction of sp³-hybridized carbons (Fsp3) is 0.200. The minimum absolute atomic E-state index is 0.239. The van der Waals surface area contributed by atoms with Crippen LogP contribution in [0.2, 0.25) is 5.02 Å². The van der Waals surface area contributed by atoms with Gasteiger partial charge in [-0.3, -0.25) is 5.84 Å². The minimum atomic E-state index is -0.239. The molecule has 2 rings (SSSR count). The Morgan fingerprint density at radius 1 is 1.14 bits per heavy atom. The molecule has 0 spiro atoms. The van der Waals surface area contributed by atoms with Crippen molar-refractivity contribution in [3.8, 4) is 11.5 Å². The highest BCUT2D eigenvalue weighted by molar-refractivity contribution is 9.10. The van der Waals surface area contributed by atoms with Crippen molar-refractivity contribution in [3.05, 3.63) is 57.0 Å². The third-order valence-electron chi connectivity index (χ3n) is 3.20. The molecule has 2 aromatic carbocycles. The predicted molar refractivity (Wildman–Crippen MR) is 87.9 cm³/mol. The molecule has 0 heterocycles. The molecule has 21 heavy (non-hydrogen) atoms. The van der Waals surface area contributed by atoms with E-state index < -0.39 is 0 Å². The first kappa shape index (κ1) is 16.1. The highest BCUT2D eigenvalue weighted by Crippen LogP contribution is 2.34. The molecule has 0 aliphatic heterocycles. The molecule has 0 saturated heterocycles. The van der Waals surface area contributed by atoms with Gasteiger partial charge in [0.2, 0.25) is 0 Å². The molecule has 0 aromatic heterocycles. The van der Waals surface area contributed by atoms with E-state index in [1.165, 1.54) is 0 Å². The monoisotopic (exact) mass is 370 g/mol. The lowest BCUT2D eigenvalue weighted by Crippen LogP contribution is -2.29. The van der Waals surface area contributed by atoms with Crippen molar-refractivity contribution < 1.29 is 9.47 Å². The van der Waals surface area contributed by atoms with Gasteiger partial charge >= 0.3 is 0 Å². The first-order valence-corrected chi connectivity index (χ1v) is 7.40. The van der Waals surface area contributed by atoms with E-state index in [9.17, 15) is 0 Å². The molecular weight excluding hydrogens is 356 g/mol. The van der Waals surface area contributed by atoms with E-state index in [4.69, 9.17) is 26.9 Å². The summed E-state index contributed by atoms with van der Waals surface area (Å²) in [4.78, 5) is 0. The van der Waals surface area contributed by atoms with Crippen LogP contribution in [0, 0.1) is 0 Å². The number of nitrogens with two attached hydrogens (primary N) is 1. The van der Waals surface area contributed by atoms with Gasteiger partial charge in [0.1, 0.15) is 11.5 Å². The van der Waals surface area contributed by atoms with E-state index in [2.05, 4.69) is 21.4 Å². The highest BCUT2D eigenvalue weighted by Gasteiger charge is 2.18. The maximum Gasteiger partial charge on any atom is 0.127 e. The van der Waals surface area contributed by atoms with Crippen molar-refractivity contribution in [1.29, 1.82) is 0 Å². The summed E-state index contributed by atoms with van der Waals surface area (Å²) in [5, 5.41) is 0.625. The van der Waals surface area contributed by atoms with E-state index in [1.807, 2.05) is 36.4 Å². The zero-order valence-corrected chi connectivity index (χ0v) is 14.0. The third kappa shape index (κ3) is 3.49. The standard InChI is InChI=1S/C15H16BrClN2O2/c1-20-10-4-5-11(14(8-10)21-2)15(19-18)9-3-6-12(16)13(17)7-9/h3-8,15,19H,18H2,1-2H3. The van der Waals surface area contributed by atoms with Crippen LogP contribution in [0.1, 0.15) is 17.2 Å². The predicted octanol–water partition coefficient (Wildman–Crippen LogP) is 3.67. The minimum Gasteiger partial charge on any atom is -0.497 e. The van der Waals surface area contributed by atoms with Crippen molar-refractivity contribution in [3.63, 3.8) is 0 Å². The summed E-state index contributed by atoms with van der Waals surface area (Å²) in [6.45, 7) is 0. The Bertz CT molecular complexity index is 637. The van der Waals surface area contributed by atoms with E-state index in [0.717, 1.165) is 21.3 Å². The lowest BCUT2D eigenvalue weighted by molar-refractivity contribution is 0.387. The Labute approximate surface area is 137 Å². The van der Waals surface area contributed by atoms with Crippen molar-refractivity contribution in [2.24, 2.45) is 5.84 Å². The molecule has 2 aromatic rings. The Balaban J connectivity index is 2.47. The lowest BCUT2D eigenvalue weighted by atomic mass is 9.98. The van der Waals surface area contributed by atoms with Gasteiger partial charge in [-0.05, 0) is 45.8 Å². The first-order valence-electron chi connectivity index (χ1n) is 6.23. The number of rotatable bonds is 5. The summed E-state index contributed by atoms with van der Waals surface area (Å²) < 4.78 is 11.5. The second kappa shape index (κ2) is 7.13. The van der Waals surface area contributed by atoms with Crippen LogP contribution in [0.25, 0.3) is 0 Å². The molecule has 0 bridgehead atoms. The highest BCUT2D eigenvalue weighted by atomic mass is 79.9. The Kier molecular flexibility index (Phi) is 5.47. The second-order valence-corrected chi connectivity index (χ2v) is 5.64. The van der Waals surface area contributed by atoms with Crippen molar-refractivity contribution in [1.82, 2.24) is 5.43 Å².